The van der Waals surface area contributed by atoms with Crippen LogP contribution < -0.4 is 15.5 Å². The molecule has 4 heterocycles. The van der Waals surface area contributed by atoms with Crippen molar-refractivity contribution in [2.75, 3.05) is 23.4 Å². The molecule has 0 bridgehead atoms. The highest BCUT2D eigenvalue weighted by atomic mass is 16.5. The number of amides is 5. The number of hydrogen-bond donors (Lipinski definition) is 2. The van der Waals surface area contributed by atoms with Gasteiger partial charge >= 0.3 is 6.03 Å². The minimum absolute atomic E-state index is 0.209. The maximum absolute atomic E-state index is 13.3. The number of imide groups is 1. The summed E-state index contributed by atoms with van der Waals surface area (Å²) in [5, 5.41) is 5.28. The summed E-state index contributed by atoms with van der Waals surface area (Å²) in [6.45, 7) is 1.25. The second-order valence-electron chi connectivity index (χ2n) is 9.06. The molecule has 33 heavy (non-hydrogen) atoms. The molecule has 1 atom stereocenters. The van der Waals surface area contributed by atoms with Crippen molar-refractivity contribution < 1.29 is 23.9 Å². The fourth-order valence-electron chi connectivity index (χ4n) is 5.29. The summed E-state index contributed by atoms with van der Waals surface area (Å²) in [7, 11) is 0. The second-order valence-corrected chi connectivity index (χ2v) is 9.06. The van der Waals surface area contributed by atoms with E-state index >= 15 is 0 Å². The van der Waals surface area contributed by atoms with E-state index in [9.17, 15) is 19.2 Å². The quantitative estimate of drug-likeness (QED) is 0.684. The van der Waals surface area contributed by atoms with Crippen molar-refractivity contribution in [3.05, 3.63) is 59.2 Å². The van der Waals surface area contributed by atoms with Gasteiger partial charge in [0.05, 0.1) is 13.2 Å². The summed E-state index contributed by atoms with van der Waals surface area (Å²) in [5.41, 5.74) is 3.48. The van der Waals surface area contributed by atoms with Crippen LogP contribution in [0.1, 0.15) is 34.3 Å². The molecule has 5 amide bonds. The van der Waals surface area contributed by atoms with Crippen molar-refractivity contribution in [2.45, 2.75) is 37.4 Å². The molecule has 4 aliphatic rings. The topological polar surface area (TPSA) is 108 Å². The number of carbonyl (C=O) groups is 4. The monoisotopic (exact) mass is 446 g/mol. The van der Waals surface area contributed by atoms with Gasteiger partial charge < -0.3 is 15.0 Å². The molecule has 2 aromatic rings. The number of nitrogens with zero attached hydrogens (tertiary/aromatic N) is 2. The molecule has 2 saturated heterocycles. The molecule has 6 rings (SSSR count). The Labute approximate surface area is 189 Å². The number of urea groups is 1. The molecule has 4 aliphatic heterocycles. The van der Waals surface area contributed by atoms with Gasteiger partial charge in [-0.05, 0) is 41.8 Å². The van der Waals surface area contributed by atoms with Crippen molar-refractivity contribution in [1.82, 2.24) is 10.2 Å². The molecule has 0 radical (unpaired) electrons. The Kier molecular flexibility index (Phi) is 4.31. The predicted octanol–water partition coefficient (Wildman–Crippen LogP) is 1.81. The van der Waals surface area contributed by atoms with E-state index in [1.807, 2.05) is 24.3 Å². The zero-order chi connectivity index (χ0) is 22.7. The number of para-hydroxylation sites is 1. The van der Waals surface area contributed by atoms with Gasteiger partial charge in [0.15, 0.2) is 0 Å². The minimum Gasteiger partial charge on any atom is -0.376 e. The highest BCUT2D eigenvalue weighted by Crippen LogP contribution is 2.43. The molecule has 2 aromatic carbocycles. The molecule has 9 heteroatoms. The van der Waals surface area contributed by atoms with Crippen molar-refractivity contribution in [3.63, 3.8) is 0 Å². The van der Waals surface area contributed by atoms with Crippen molar-refractivity contribution >= 4 is 35.1 Å². The Morgan fingerprint density at radius 3 is 2.67 bits per heavy atom. The van der Waals surface area contributed by atoms with Crippen LogP contribution in [0.2, 0.25) is 0 Å². The lowest BCUT2D eigenvalue weighted by Crippen LogP contribution is -2.63. The molecule has 1 spiro atoms. The van der Waals surface area contributed by atoms with E-state index in [4.69, 9.17) is 4.74 Å². The lowest BCUT2D eigenvalue weighted by molar-refractivity contribution is -0.136. The van der Waals surface area contributed by atoms with Gasteiger partial charge in [-0.15, -0.1) is 0 Å². The highest BCUT2D eigenvalue weighted by molar-refractivity contribution is 6.07. The second kappa shape index (κ2) is 7.14. The number of anilines is 2. The Morgan fingerprint density at radius 1 is 1.09 bits per heavy atom. The first-order valence-electron chi connectivity index (χ1n) is 11.0. The van der Waals surface area contributed by atoms with E-state index in [0.717, 1.165) is 23.2 Å². The van der Waals surface area contributed by atoms with Crippen LogP contribution in [0.25, 0.3) is 0 Å². The molecule has 2 fully saturated rings. The molecular formula is C24H22N4O5. The van der Waals surface area contributed by atoms with Gasteiger partial charge in [-0.3, -0.25) is 24.6 Å². The van der Waals surface area contributed by atoms with Gasteiger partial charge in [0.1, 0.15) is 11.6 Å². The lowest BCUT2D eigenvalue weighted by atomic mass is 9.92. The molecule has 0 saturated carbocycles. The number of piperidine rings is 1. The molecule has 0 aromatic heterocycles. The zero-order valence-electron chi connectivity index (χ0n) is 17.8. The summed E-state index contributed by atoms with van der Waals surface area (Å²) in [4.78, 5) is 53.2. The van der Waals surface area contributed by atoms with E-state index in [1.165, 1.54) is 4.90 Å². The van der Waals surface area contributed by atoms with E-state index in [-0.39, 0.29) is 36.3 Å². The van der Waals surface area contributed by atoms with Crippen LogP contribution in [0.15, 0.2) is 42.5 Å². The number of rotatable bonds is 2. The van der Waals surface area contributed by atoms with Crippen LogP contribution >= 0.6 is 0 Å². The Bertz CT molecular complexity index is 1220. The number of ether oxygens (including phenoxy) is 1. The third-order valence-corrected chi connectivity index (χ3v) is 6.95. The average Bonchev–Trinajstić information content (AvgIpc) is 3.29. The van der Waals surface area contributed by atoms with E-state index < -0.39 is 11.9 Å². The molecular weight excluding hydrogens is 424 g/mol. The van der Waals surface area contributed by atoms with Gasteiger partial charge in [-0.25, -0.2) is 4.79 Å². The summed E-state index contributed by atoms with van der Waals surface area (Å²) >= 11 is 0. The third-order valence-electron chi connectivity index (χ3n) is 6.95. The first-order chi connectivity index (χ1) is 15.9. The van der Waals surface area contributed by atoms with E-state index in [2.05, 4.69) is 10.6 Å². The van der Waals surface area contributed by atoms with Crippen LogP contribution in [0, 0.1) is 0 Å². The summed E-state index contributed by atoms with van der Waals surface area (Å²) < 4.78 is 5.46. The van der Waals surface area contributed by atoms with Crippen molar-refractivity contribution in [3.8, 4) is 0 Å². The Balaban J connectivity index is 1.22. The molecule has 1 unspecified atom stereocenters. The summed E-state index contributed by atoms with van der Waals surface area (Å²) in [6.07, 6.45) is 1.28. The smallest absolute Gasteiger partial charge is 0.327 e. The third kappa shape index (κ3) is 3.03. The molecule has 168 valence electrons. The SMILES string of the molecule is O=C1CCC(N2Cc3cc(NC(=O)N4c5ccccc5CC45COC5)ccc3C2=O)C(=O)N1. The average molecular weight is 446 g/mol. The zero-order valence-corrected chi connectivity index (χ0v) is 17.8. The summed E-state index contributed by atoms with van der Waals surface area (Å²) in [5.74, 6) is -0.999. The van der Waals surface area contributed by atoms with Gasteiger partial charge in [-0.1, -0.05) is 18.2 Å². The van der Waals surface area contributed by atoms with Gasteiger partial charge in [0.25, 0.3) is 5.91 Å². The van der Waals surface area contributed by atoms with Crippen LogP contribution in [0.3, 0.4) is 0 Å². The number of fused-ring (bicyclic) bond motifs is 2. The van der Waals surface area contributed by atoms with Gasteiger partial charge in [-0.2, -0.15) is 0 Å². The van der Waals surface area contributed by atoms with E-state index in [1.54, 1.807) is 23.1 Å². The van der Waals surface area contributed by atoms with Gasteiger partial charge in [0, 0.05) is 36.3 Å². The standard InChI is InChI=1S/C24H22N4O5/c29-20-8-7-19(21(30)26-20)27-11-15-9-16(5-6-17(15)22(27)31)25-23(32)28-18-4-2-1-3-14(18)10-24(28)12-33-13-24/h1-6,9,19H,7-8,10-13H2,(H,25,32)(H,26,29,30). The number of nitrogens with one attached hydrogen (secondary N) is 2. The summed E-state index contributed by atoms with van der Waals surface area (Å²) in [6, 6.07) is 12.1. The normalized spacial score (nSPS) is 22.7. The fourth-order valence-corrected chi connectivity index (χ4v) is 5.29. The first kappa shape index (κ1) is 19.9. The molecule has 9 nitrogen and oxygen atoms in total. The van der Waals surface area contributed by atoms with E-state index in [0.29, 0.717) is 30.9 Å². The fraction of sp³-hybridized carbons (Fsp3) is 0.333. The molecule has 0 aliphatic carbocycles. The van der Waals surface area contributed by atoms with Gasteiger partial charge in [0.2, 0.25) is 11.8 Å². The van der Waals surface area contributed by atoms with Crippen LogP contribution in [-0.2, 0) is 27.3 Å². The Morgan fingerprint density at radius 2 is 1.91 bits per heavy atom. The van der Waals surface area contributed by atoms with Crippen LogP contribution in [-0.4, -0.2) is 53.4 Å². The number of hydrogen-bond acceptors (Lipinski definition) is 5. The number of benzene rings is 2. The maximum Gasteiger partial charge on any atom is 0.327 e. The lowest BCUT2D eigenvalue weighted by Gasteiger charge is -2.45. The maximum atomic E-state index is 13.3. The Hall–Kier alpha value is -3.72. The largest absolute Gasteiger partial charge is 0.376 e. The van der Waals surface area contributed by atoms with Crippen molar-refractivity contribution in [1.29, 1.82) is 0 Å². The number of carbonyl (C=O) groups excluding carboxylic acids is 4. The molecule has 2 N–H and O–H groups in total. The highest BCUT2D eigenvalue weighted by Gasteiger charge is 2.52. The van der Waals surface area contributed by atoms with Crippen molar-refractivity contribution in [2.24, 2.45) is 0 Å². The first-order valence-corrected chi connectivity index (χ1v) is 11.0. The van der Waals surface area contributed by atoms with Crippen LogP contribution in [0.4, 0.5) is 16.2 Å². The minimum atomic E-state index is -0.666. The van der Waals surface area contributed by atoms with Crippen LogP contribution in [0.5, 0.6) is 0 Å². The predicted molar refractivity (Wildman–Crippen MR) is 118 cm³/mol.